The third-order valence-corrected chi connectivity index (χ3v) is 3.37. The maximum Gasteiger partial charge on any atom is 0.315 e. The fourth-order valence-electron chi connectivity index (χ4n) is 2.44. The average Bonchev–Trinajstić information content (AvgIpc) is 2.79. The summed E-state index contributed by atoms with van der Waals surface area (Å²) >= 11 is 0. The van der Waals surface area contributed by atoms with Crippen molar-refractivity contribution in [3.8, 4) is 0 Å². The number of halogens is 1. The third-order valence-electron chi connectivity index (χ3n) is 3.37. The van der Waals surface area contributed by atoms with Gasteiger partial charge in [0.15, 0.2) is 0 Å². The molecule has 1 heterocycles. The molecule has 1 aliphatic heterocycles. The molecule has 2 N–H and O–H groups in total. The van der Waals surface area contributed by atoms with Crippen LogP contribution in [0.2, 0.25) is 0 Å². The minimum absolute atomic E-state index is 0.124. The highest BCUT2D eigenvalue weighted by molar-refractivity contribution is 5.96. The summed E-state index contributed by atoms with van der Waals surface area (Å²) in [6.45, 7) is 2.56. The number of nitrogens with one attached hydrogen (secondary N) is 2. The molecule has 6 nitrogen and oxygen atoms in total. The molecule has 0 spiro atoms. The Morgan fingerprint density at radius 1 is 1.55 bits per heavy atom. The predicted octanol–water partition coefficient (Wildman–Crippen LogP) is 1.27. The zero-order valence-corrected chi connectivity index (χ0v) is 12.6. The van der Waals surface area contributed by atoms with Gasteiger partial charge in [0.2, 0.25) is 5.91 Å². The van der Waals surface area contributed by atoms with E-state index in [0.717, 1.165) is 0 Å². The quantitative estimate of drug-likeness (QED) is 0.860. The molecule has 0 saturated carbocycles. The summed E-state index contributed by atoms with van der Waals surface area (Å²) in [4.78, 5) is 25.3. The highest BCUT2D eigenvalue weighted by Gasteiger charge is 2.31. The number of anilines is 1. The number of carbonyl (C=O) groups excluding carboxylic acids is 2. The Labute approximate surface area is 128 Å². The van der Waals surface area contributed by atoms with Gasteiger partial charge >= 0.3 is 6.03 Å². The Balaban J connectivity index is 1.91. The number of urea groups is 1. The first-order chi connectivity index (χ1) is 10.5. The topological polar surface area (TPSA) is 70.7 Å². The Bertz CT molecular complexity index is 553. The van der Waals surface area contributed by atoms with E-state index < -0.39 is 5.82 Å². The van der Waals surface area contributed by atoms with Gasteiger partial charge in [0, 0.05) is 25.8 Å². The number of benzene rings is 1. The molecule has 1 saturated heterocycles. The Morgan fingerprint density at radius 3 is 3.00 bits per heavy atom. The SMILES string of the molecule is COC[C@H](C)NC(=O)N[C@H]1CC(=O)N(c2cccc(F)c2)C1. The number of nitrogens with zero attached hydrogens (tertiary/aromatic N) is 1. The summed E-state index contributed by atoms with van der Waals surface area (Å²) in [5.41, 5.74) is 0.502. The highest BCUT2D eigenvalue weighted by atomic mass is 19.1. The molecule has 0 radical (unpaired) electrons. The number of amides is 3. The van der Waals surface area contributed by atoms with Crippen molar-refractivity contribution >= 4 is 17.6 Å². The van der Waals surface area contributed by atoms with Gasteiger partial charge in [0.05, 0.1) is 18.7 Å². The predicted molar refractivity (Wildman–Crippen MR) is 80.2 cm³/mol. The molecule has 2 atom stereocenters. The number of rotatable bonds is 5. The van der Waals surface area contributed by atoms with Crippen molar-refractivity contribution in [3.63, 3.8) is 0 Å². The third kappa shape index (κ3) is 4.17. The van der Waals surface area contributed by atoms with Crippen LogP contribution < -0.4 is 15.5 Å². The van der Waals surface area contributed by atoms with Crippen molar-refractivity contribution in [2.75, 3.05) is 25.2 Å². The fourth-order valence-corrected chi connectivity index (χ4v) is 2.44. The van der Waals surface area contributed by atoms with Crippen molar-refractivity contribution in [3.05, 3.63) is 30.1 Å². The number of hydrogen-bond donors (Lipinski definition) is 2. The lowest BCUT2D eigenvalue weighted by atomic mass is 10.2. The van der Waals surface area contributed by atoms with E-state index in [0.29, 0.717) is 18.8 Å². The van der Waals surface area contributed by atoms with Crippen molar-refractivity contribution in [1.82, 2.24) is 10.6 Å². The molecular formula is C15H20FN3O3. The first kappa shape index (κ1) is 16.2. The molecule has 0 bridgehead atoms. The molecular weight excluding hydrogens is 289 g/mol. The van der Waals surface area contributed by atoms with Crippen LogP contribution in [0.1, 0.15) is 13.3 Å². The van der Waals surface area contributed by atoms with Crippen molar-refractivity contribution in [1.29, 1.82) is 0 Å². The number of ether oxygens (including phenoxy) is 1. The van der Waals surface area contributed by atoms with Crippen LogP contribution in [0.4, 0.5) is 14.9 Å². The van der Waals surface area contributed by atoms with E-state index in [1.165, 1.54) is 17.0 Å². The van der Waals surface area contributed by atoms with Gasteiger partial charge in [-0.15, -0.1) is 0 Å². The van der Waals surface area contributed by atoms with Gasteiger partial charge in [-0.3, -0.25) is 4.79 Å². The van der Waals surface area contributed by atoms with Crippen molar-refractivity contribution in [2.45, 2.75) is 25.4 Å². The lowest BCUT2D eigenvalue weighted by Gasteiger charge is -2.18. The molecule has 7 heteroatoms. The van der Waals surface area contributed by atoms with Gasteiger partial charge in [-0.2, -0.15) is 0 Å². The van der Waals surface area contributed by atoms with E-state index in [1.54, 1.807) is 19.2 Å². The highest BCUT2D eigenvalue weighted by Crippen LogP contribution is 2.22. The minimum Gasteiger partial charge on any atom is -0.383 e. The van der Waals surface area contributed by atoms with Crippen LogP contribution in [-0.4, -0.2) is 44.3 Å². The second-order valence-corrected chi connectivity index (χ2v) is 5.36. The fraction of sp³-hybridized carbons (Fsp3) is 0.467. The molecule has 0 unspecified atom stereocenters. The van der Waals surface area contributed by atoms with E-state index in [9.17, 15) is 14.0 Å². The van der Waals surface area contributed by atoms with Crippen LogP contribution >= 0.6 is 0 Å². The zero-order valence-electron chi connectivity index (χ0n) is 12.6. The van der Waals surface area contributed by atoms with Gasteiger partial charge < -0.3 is 20.3 Å². The van der Waals surface area contributed by atoms with Gasteiger partial charge in [-0.05, 0) is 25.1 Å². The van der Waals surface area contributed by atoms with Crippen LogP contribution in [0.3, 0.4) is 0 Å². The maximum absolute atomic E-state index is 13.2. The second-order valence-electron chi connectivity index (χ2n) is 5.36. The molecule has 0 aliphatic carbocycles. The number of carbonyl (C=O) groups is 2. The van der Waals surface area contributed by atoms with Gasteiger partial charge in [-0.1, -0.05) is 6.07 Å². The minimum atomic E-state index is -0.396. The van der Waals surface area contributed by atoms with Gasteiger partial charge in [-0.25, -0.2) is 9.18 Å². The van der Waals surface area contributed by atoms with Crippen LogP contribution in [-0.2, 0) is 9.53 Å². The lowest BCUT2D eigenvalue weighted by molar-refractivity contribution is -0.117. The molecule has 0 aromatic heterocycles. The van der Waals surface area contributed by atoms with Crippen molar-refractivity contribution in [2.24, 2.45) is 0 Å². The molecule has 1 aromatic rings. The summed E-state index contributed by atoms with van der Waals surface area (Å²) in [5.74, 6) is -0.534. The first-order valence-electron chi connectivity index (χ1n) is 7.11. The summed E-state index contributed by atoms with van der Waals surface area (Å²) in [5, 5.41) is 5.47. The molecule has 1 aliphatic rings. The molecule has 2 rings (SSSR count). The van der Waals surface area contributed by atoms with Crippen molar-refractivity contribution < 1.29 is 18.7 Å². The summed E-state index contributed by atoms with van der Waals surface area (Å²) in [6, 6.07) is 5.09. The first-order valence-corrected chi connectivity index (χ1v) is 7.11. The molecule has 1 fully saturated rings. The van der Waals surface area contributed by atoms with E-state index in [1.807, 2.05) is 6.92 Å². The van der Waals surface area contributed by atoms with Crippen LogP contribution in [0.15, 0.2) is 24.3 Å². The molecule has 22 heavy (non-hydrogen) atoms. The standard InChI is InChI=1S/C15H20FN3O3/c1-10(9-22-2)17-15(21)18-12-7-14(20)19(8-12)13-5-3-4-11(16)6-13/h3-6,10,12H,7-9H2,1-2H3,(H2,17,18,21)/t10-,12-/m0/s1. The zero-order chi connectivity index (χ0) is 16.1. The monoisotopic (exact) mass is 309 g/mol. The number of hydrogen-bond acceptors (Lipinski definition) is 3. The Hall–Kier alpha value is -2.15. The van der Waals surface area contributed by atoms with Gasteiger partial charge in [0.25, 0.3) is 0 Å². The second kappa shape index (κ2) is 7.22. The molecule has 120 valence electrons. The average molecular weight is 309 g/mol. The Kier molecular flexibility index (Phi) is 5.32. The van der Waals surface area contributed by atoms with Crippen LogP contribution in [0.25, 0.3) is 0 Å². The Morgan fingerprint density at radius 2 is 2.32 bits per heavy atom. The maximum atomic E-state index is 13.2. The van der Waals surface area contributed by atoms with Crippen LogP contribution in [0, 0.1) is 5.82 Å². The van der Waals surface area contributed by atoms with E-state index in [-0.39, 0.29) is 30.4 Å². The molecule has 1 aromatic carbocycles. The van der Waals surface area contributed by atoms with Gasteiger partial charge in [0.1, 0.15) is 5.82 Å². The largest absolute Gasteiger partial charge is 0.383 e. The molecule has 3 amide bonds. The number of methoxy groups -OCH3 is 1. The smallest absolute Gasteiger partial charge is 0.315 e. The summed E-state index contributed by atoms with van der Waals surface area (Å²) < 4.78 is 18.2. The van der Waals surface area contributed by atoms with Crippen LogP contribution in [0.5, 0.6) is 0 Å². The van der Waals surface area contributed by atoms with E-state index in [2.05, 4.69) is 10.6 Å². The lowest BCUT2D eigenvalue weighted by Crippen LogP contribution is -2.47. The normalized spacial score (nSPS) is 19.1. The van der Waals surface area contributed by atoms with E-state index >= 15 is 0 Å². The summed E-state index contributed by atoms with van der Waals surface area (Å²) in [6.07, 6.45) is 0.197. The summed E-state index contributed by atoms with van der Waals surface area (Å²) in [7, 11) is 1.56. The van der Waals surface area contributed by atoms with E-state index in [4.69, 9.17) is 4.74 Å².